The van der Waals surface area contributed by atoms with Gasteiger partial charge >= 0.3 is 6.03 Å². The minimum Gasteiger partial charge on any atom is -0.356 e. The van der Waals surface area contributed by atoms with Gasteiger partial charge in [0.2, 0.25) is 5.91 Å². The lowest BCUT2D eigenvalue weighted by Crippen LogP contribution is -2.30. The van der Waals surface area contributed by atoms with Gasteiger partial charge in [-0.1, -0.05) is 0 Å². The first kappa shape index (κ1) is 18.4. The van der Waals surface area contributed by atoms with Crippen LogP contribution in [0.4, 0.5) is 4.79 Å². The van der Waals surface area contributed by atoms with Gasteiger partial charge in [0.1, 0.15) is 0 Å². The molecule has 0 spiro atoms. The van der Waals surface area contributed by atoms with Crippen molar-refractivity contribution >= 4 is 34.6 Å². The van der Waals surface area contributed by atoms with Gasteiger partial charge in [0.15, 0.2) is 0 Å². The Morgan fingerprint density at radius 3 is 2.75 bits per heavy atom. The number of carbonyl (C=O) groups is 2. The zero-order valence-electron chi connectivity index (χ0n) is 13.6. The quantitative estimate of drug-likeness (QED) is 0.595. The second-order valence-corrected chi connectivity index (χ2v) is 7.60. The first-order chi connectivity index (χ1) is 11.5. The van der Waals surface area contributed by atoms with Crippen molar-refractivity contribution in [3.63, 3.8) is 0 Å². The summed E-state index contributed by atoms with van der Waals surface area (Å²) >= 11 is 3.37. The molecule has 0 saturated carbocycles. The molecule has 0 aliphatic rings. The molecule has 0 aliphatic heterocycles. The van der Waals surface area contributed by atoms with Crippen LogP contribution in [0.5, 0.6) is 0 Å². The zero-order valence-corrected chi connectivity index (χ0v) is 15.3. The van der Waals surface area contributed by atoms with Gasteiger partial charge in [0.25, 0.3) is 0 Å². The molecule has 0 bridgehead atoms. The largest absolute Gasteiger partial charge is 0.356 e. The highest BCUT2D eigenvalue weighted by Crippen LogP contribution is 2.29. The molecule has 2 heterocycles. The molecule has 0 aromatic carbocycles. The summed E-state index contributed by atoms with van der Waals surface area (Å²) < 4.78 is 0. The lowest BCUT2D eigenvalue weighted by molar-refractivity contribution is -0.121. The van der Waals surface area contributed by atoms with Crippen molar-refractivity contribution in [2.24, 2.45) is 5.73 Å². The van der Waals surface area contributed by atoms with Crippen LogP contribution in [-0.4, -0.2) is 30.0 Å². The van der Waals surface area contributed by atoms with E-state index in [1.165, 1.54) is 9.75 Å². The molecular formula is C16H22N4O2S2. The summed E-state index contributed by atoms with van der Waals surface area (Å²) in [5.74, 6) is 0.0426. The second kappa shape index (κ2) is 9.39. The van der Waals surface area contributed by atoms with Crippen LogP contribution in [0.3, 0.4) is 0 Å². The van der Waals surface area contributed by atoms with Gasteiger partial charge in [-0.15, -0.1) is 22.7 Å². The van der Waals surface area contributed by atoms with E-state index in [0.717, 1.165) is 30.0 Å². The molecule has 0 fully saturated rings. The number of primary amides is 1. The number of hydrogen-bond donors (Lipinski definition) is 3. The molecule has 2 rings (SSSR count). The van der Waals surface area contributed by atoms with Crippen LogP contribution < -0.4 is 16.4 Å². The highest BCUT2D eigenvalue weighted by Gasteiger charge is 2.07. The Bertz CT molecular complexity index is 681. The highest BCUT2D eigenvalue weighted by atomic mass is 32.1. The van der Waals surface area contributed by atoms with E-state index in [1.54, 1.807) is 22.7 Å². The van der Waals surface area contributed by atoms with Crippen molar-refractivity contribution in [3.8, 4) is 10.6 Å². The molecule has 6 nitrogen and oxygen atoms in total. The first-order valence-electron chi connectivity index (χ1n) is 7.86. The summed E-state index contributed by atoms with van der Waals surface area (Å²) in [4.78, 5) is 29.1. The smallest absolute Gasteiger partial charge is 0.312 e. The number of nitrogens with one attached hydrogen (secondary N) is 2. The molecule has 0 saturated heterocycles. The topological polar surface area (TPSA) is 97.1 Å². The Morgan fingerprint density at radius 1 is 1.21 bits per heavy atom. The molecule has 130 valence electrons. The fourth-order valence-corrected chi connectivity index (χ4v) is 3.82. The molecule has 0 unspecified atom stereocenters. The number of nitrogens with zero attached hydrogens (tertiary/aromatic N) is 1. The van der Waals surface area contributed by atoms with Gasteiger partial charge < -0.3 is 16.4 Å². The number of carbonyl (C=O) groups excluding carboxylic acids is 2. The van der Waals surface area contributed by atoms with Crippen LogP contribution in [-0.2, 0) is 11.2 Å². The molecule has 24 heavy (non-hydrogen) atoms. The molecule has 2 aromatic heterocycles. The van der Waals surface area contributed by atoms with Crippen LogP contribution in [0.15, 0.2) is 17.5 Å². The average Bonchev–Trinajstić information content (AvgIpc) is 3.15. The van der Waals surface area contributed by atoms with Gasteiger partial charge in [-0.25, -0.2) is 9.78 Å². The number of unbranched alkanes of at least 4 members (excludes halogenated alkanes) is 1. The Hall–Kier alpha value is -1.93. The number of thiophene rings is 1. The minimum atomic E-state index is -0.525. The van der Waals surface area contributed by atoms with Gasteiger partial charge in [0.05, 0.1) is 15.6 Å². The predicted molar refractivity (Wildman–Crippen MR) is 98.3 cm³/mol. The molecule has 0 aliphatic carbocycles. The molecule has 4 N–H and O–H groups in total. The van der Waals surface area contributed by atoms with E-state index in [0.29, 0.717) is 19.5 Å². The van der Waals surface area contributed by atoms with Crippen LogP contribution in [0.1, 0.15) is 29.1 Å². The maximum absolute atomic E-state index is 11.7. The SMILES string of the molecule is Cc1nc(-c2ccc(CCNC(=O)CCCCNC(N)=O)s2)cs1. The van der Waals surface area contributed by atoms with Crippen molar-refractivity contribution in [1.29, 1.82) is 0 Å². The summed E-state index contributed by atoms with van der Waals surface area (Å²) in [6, 6.07) is 3.65. The van der Waals surface area contributed by atoms with Crippen LogP contribution in [0.25, 0.3) is 10.6 Å². The number of aryl methyl sites for hydroxylation is 1. The highest BCUT2D eigenvalue weighted by molar-refractivity contribution is 7.16. The third kappa shape index (κ3) is 6.29. The van der Waals surface area contributed by atoms with Crippen LogP contribution >= 0.6 is 22.7 Å². The average molecular weight is 367 g/mol. The van der Waals surface area contributed by atoms with E-state index < -0.39 is 6.03 Å². The fraction of sp³-hybridized carbons (Fsp3) is 0.438. The van der Waals surface area contributed by atoms with Gasteiger partial charge in [-0.05, 0) is 38.3 Å². The molecule has 8 heteroatoms. The fourth-order valence-electron chi connectivity index (χ4n) is 2.16. The Balaban J connectivity index is 1.63. The number of aromatic nitrogens is 1. The minimum absolute atomic E-state index is 0.0426. The summed E-state index contributed by atoms with van der Waals surface area (Å²) in [6.45, 7) is 3.15. The summed E-state index contributed by atoms with van der Waals surface area (Å²) in [7, 11) is 0. The number of nitrogens with two attached hydrogens (primary N) is 1. The van der Waals surface area contributed by atoms with Crippen LogP contribution in [0, 0.1) is 6.92 Å². The Kier molecular flexibility index (Phi) is 7.20. The summed E-state index contributed by atoms with van der Waals surface area (Å²) in [5, 5.41) is 8.57. The molecular weight excluding hydrogens is 344 g/mol. The number of thiazole rings is 1. The Morgan fingerprint density at radius 2 is 2.04 bits per heavy atom. The Labute approximate surface area is 149 Å². The number of amides is 3. The van der Waals surface area contributed by atoms with E-state index in [-0.39, 0.29) is 5.91 Å². The number of urea groups is 1. The third-order valence-electron chi connectivity index (χ3n) is 3.36. The standard InChI is InChI=1S/C16H22N4O2S2/c1-11-20-13(10-23-11)14-6-5-12(24-14)7-9-18-15(21)4-2-3-8-19-16(17)22/h5-6,10H,2-4,7-9H2,1H3,(H,18,21)(H3,17,19,22). The maximum Gasteiger partial charge on any atom is 0.312 e. The van der Waals surface area contributed by atoms with Crippen LogP contribution in [0.2, 0.25) is 0 Å². The second-order valence-electron chi connectivity index (χ2n) is 5.37. The number of hydrogen-bond acceptors (Lipinski definition) is 5. The van der Waals surface area contributed by atoms with Gasteiger partial charge in [-0.2, -0.15) is 0 Å². The lowest BCUT2D eigenvalue weighted by atomic mass is 10.2. The molecule has 0 radical (unpaired) electrons. The van der Waals surface area contributed by atoms with E-state index in [4.69, 9.17) is 5.73 Å². The van der Waals surface area contributed by atoms with E-state index in [2.05, 4.69) is 33.1 Å². The normalized spacial score (nSPS) is 10.5. The molecule has 3 amide bonds. The van der Waals surface area contributed by atoms with Crippen molar-refractivity contribution in [3.05, 3.63) is 27.4 Å². The van der Waals surface area contributed by atoms with Crippen molar-refractivity contribution in [2.45, 2.75) is 32.6 Å². The van der Waals surface area contributed by atoms with Gasteiger partial charge in [0, 0.05) is 29.8 Å². The van der Waals surface area contributed by atoms with E-state index >= 15 is 0 Å². The summed E-state index contributed by atoms with van der Waals surface area (Å²) in [6.07, 6.45) is 2.77. The number of rotatable bonds is 9. The van der Waals surface area contributed by atoms with E-state index in [9.17, 15) is 9.59 Å². The van der Waals surface area contributed by atoms with Crippen molar-refractivity contribution in [2.75, 3.05) is 13.1 Å². The lowest BCUT2D eigenvalue weighted by Gasteiger charge is -2.04. The van der Waals surface area contributed by atoms with Crippen molar-refractivity contribution in [1.82, 2.24) is 15.6 Å². The predicted octanol–water partition coefficient (Wildman–Crippen LogP) is 2.68. The van der Waals surface area contributed by atoms with E-state index in [1.807, 2.05) is 6.92 Å². The molecule has 0 atom stereocenters. The monoisotopic (exact) mass is 366 g/mol. The first-order valence-corrected chi connectivity index (χ1v) is 9.55. The maximum atomic E-state index is 11.7. The zero-order chi connectivity index (χ0) is 17.4. The third-order valence-corrected chi connectivity index (χ3v) is 5.30. The summed E-state index contributed by atoms with van der Waals surface area (Å²) in [5.41, 5.74) is 5.99. The molecule has 2 aromatic rings. The van der Waals surface area contributed by atoms with Gasteiger partial charge in [-0.3, -0.25) is 4.79 Å². The van der Waals surface area contributed by atoms with Crippen molar-refractivity contribution < 1.29 is 9.59 Å².